The molecule has 0 saturated heterocycles. The second-order valence-corrected chi connectivity index (χ2v) is 3.63. The first-order valence-electron chi connectivity index (χ1n) is 5.33. The third-order valence-electron chi connectivity index (χ3n) is 2.96. The van der Waals surface area contributed by atoms with Crippen LogP contribution in [0.2, 0.25) is 0 Å². The largest absolute Gasteiger partial charge is 0.347 e. The van der Waals surface area contributed by atoms with E-state index in [1.54, 1.807) is 6.33 Å². The van der Waals surface area contributed by atoms with E-state index in [1.165, 1.54) is 11.4 Å². The lowest BCUT2D eigenvalue weighted by molar-refractivity contribution is 0.200. The molecule has 1 aromatic rings. The molecule has 4 nitrogen and oxygen atoms in total. The maximum absolute atomic E-state index is 4.42. The van der Waals surface area contributed by atoms with E-state index >= 15 is 0 Å². The number of likely N-dealkylation sites (N-methyl/N-ethyl adjacent to an activating group) is 1. The van der Waals surface area contributed by atoms with Crippen LogP contribution in [0.1, 0.15) is 31.3 Å². The Balaban J connectivity index is 2.22. The van der Waals surface area contributed by atoms with Crippen molar-refractivity contribution in [1.82, 2.24) is 20.2 Å². The van der Waals surface area contributed by atoms with Gasteiger partial charge in [-0.2, -0.15) is 0 Å². The Morgan fingerprint density at radius 1 is 1.50 bits per heavy atom. The minimum Gasteiger partial charge on any atom is -0.347 e. The molecule has 2 N–H and O–H groups in total. The van der Waals surface area contributed by atoms with Gasteiger partial charge in [-0.15, -0.1) is 0 Å². The van der Waals surface area contributed by atoms with Crippen molar-refractivity contribution < 1.29 is 0 Å². The predicted octanol–water partition coefficient (Wildman–Crippen LogP) is 0.896. The molecule has 78 valence electrons. The van der Waals surface area contributed by atoms with Crippen LogP contribution in [0, 0.1) is 0 Å². The van der Waals surface area contributed by atoms with Gasteiger partial charge in [0.25, 0.3) is 0 Å². The van der Waals surface area contributed by atoms with Crippen molar-refractivity contribution in [3.05, 3.63) is 17.7 Å². The van der Waals surface area contributed by atoms with E-state index in [0.29, 0.717) is 6.04 Å². The summed E-state index contributed by atoms with van der Waals surface area (Å²) in [6, 6.07) is 0.444. The summed E-state index contributed by atoms with van der Waals surface area (Å²) in [6.07, 6.45) is 1.80. The SMILES string of the molecule is CCN(CC)C1CNCc2[nH]cnc21. The van der Waals surface area contributed by atoms with Gasteiger partial charge < -0.3 is 10.3 Å². The Morgan fingerprint density at radius 3 is 3.00 bits per heavy atom. The summed E-state index contributed by atoms with van der Waals surface area (Å²) in [6.45, 7) is 8.49. The number of aromatic nitrogens is 2. The highest BCUT2D eigenvalue weighted by atomic mass is 15.2. The van der Waals surface area contributed by atoms with E-state index in [2.05, 4.69) is 34.0 Å². The molecule has 1 unspecified atom stereocenters. The first-order chi connectivity index (χ1) is 6.86. The molecule has 0 aliphatic carbocycles. The van der Waals surface area contributed by atoms with Gasteiger partial charge in [-0.1, -0.05) is 13.8 Å². The van der Waals surface area contributed by atoms with Crippen molar-refractivity contribution in [2.45, 2.75) is 26.4 Å². The topological polar surface area (TPSA) is 44.0 Å². The van der Waals surface area contributed by atoms with E-state index in [-0.39, 0.29) is 0 Å². The van der Waals surface area contributed by atoms with E-state index in [1.807, 2.05) is 0 Å². The molecule has 1 atom stereocenters. The molecule has 0 fully saturated rings. The molecule has 2 rings (SSSR count). The summed E-state index contributed by atoms with van der Waals surface area (Å²) >= 11 is 0. The molecular formula is C10H18N4. The summed E-state index contributed by atoms with van der Waals surface area (Å²) in [5.74, 6) is 0. The number of fused-ring (bicyclic) bond motifs is 1. The average molecular weight is 194 g/mol. The van der Waals surface area contributed by atoms with Gasteiger partial charge in [0.1, 0.15) is 0 Å². The minimum atomic E-state index is 0.444. The van der Waals surface area contributed by atoms with Gasteiger partial charge >= 0.3 is 0 Å². The summed E-state index contributed by atoms with van der Waals surface area (Å²) in [5.41, 5.74) is 2.47. The van der Waals surface area contributed by atoms with Gasteiger partial charge in [0.05, 0.1) is 23.8 Å². The predicted molar refractivity (Wildman–Crippen MR) is 56.0 cm³/mol. The normalized spacial score (nSPS) is 21.2. The fraction of sp³-hybridized carbons (Fsp3) is 0.700. The molecule has 0 amide bonds. The van der Waals surface area contributed by atoms with Crippen molar-refractivity contribution in [1.29, 1.82) is 0 Å². The summed E-state index contributed by atoms with van der Waals surface area (Å²) in [4.78, 5) is 10.0. The zero-order chi connectivity index (χ0) is 9.97. The van der Waals surface area contributed by atoms with E-state index in [0.717, 1.165) is 26.2 Å². The van der Waals surface area contributed by atoms with Gasteiger partial charge in [-0.25, -0.2) is 4.98 Å². The molecule has 0 saturated carbocycles. The van der Waals surface area contributed by atoms with Gasteiger partial charge in [0, 0.05) is 13.1 Å². The molecule has 1 aromatic heterocycles. The fourth-order valence-corrected chi connectivity index (χ4v) is 2.16. The second kappa shape index (κ2) is 4.11. The standard InChI is InChI=1S/C10H18N4/c1-3-14(4-2)9-6-11-5-8-10(9)13-7-12-8/h7,9,11H,3-6H2,1-2H3,(H,12,13). The monoisotopic (exact) mass is 194 g/mol. The number of rotatable bonds is 3. The Morgan fingerprint density at radius 2 is 2.29 bits per heavy atom. The van der Waals surface area contributed by atoms with Crippen molar-refractivity contribution in [3.8, 4) is 0 Å². The fourth-order valence-electron chi connectivity index (χ4n) is 2.16. The zero-order valence-corrected chi connectivity index (χ0v) is 8.88. The lowest BCUT2D eigenvalue weighted by Gasteiger charge is -2.32. The molecule has 0 radical (unpaired) electrons. The number of imidazole rings is 1. The van der Waals surface area contributed by atoms with Crippen LogP contribution >= 0.6 is 0 Å². The first-order valence-corrected chi connectivity index (χ1v) is 5.33. The minimum absolute atomic E-state index is 0.444. The maximum atomic E-state index is 4.42. The van der Waals surface area contributed by atoms with Crippen LogP contribution in [0.3, 0.4) is 0 Å². The number of nitrogens with one attached hydrogen (secondary N) is 2. The third kappa shape index (κ3) is 1.55. The van der Waals surface area contributed by atoms with Gasteiger partial charge in [-0.3, -0.25) is 4.90 Å². The Hall–Kier alpha value is -0.870. The molecule has 0 aromatic carbocycles. The highest BCUT2D eigenvalue weighted by Gasteiger charge is 2.25. The molecule has 2 heterocycles. The summed E-state index contributed by atoms with van der Waals surface area (Å²) in [5, 5.41) is 3.41. The van der Waals surface area contributed by atoms with Crippen LogP contribution in [-0.2, 0) is 6.54 Å². The lowest BCUT2D eigenvalue weighted by atomic mass is 10.1. The van der Waals surface area contributed by atoms with Crippen molar-refractivity contribution >= 4 is 0 Å². The number of aromatic amines is 1. The highest BCUT2D eigenvalue weighted by molar-refractivity contribution is 5.19. The second-order valence-electron chi connectivity index (χ2n) is 3.63. The quantitative estimate of drug-likeness (QED) is 0.751. The van der Waals surface area contributed by atoms with E-state index < -0.39 is 0 Å². The number of hydrogen-bond acceptors (Lipinski definition) is 3. The van der Waals surface area contributed by atoms with Crippen LogP contribution in [0.4, 0.5) is 0 Å². The van der Waals surface area contributed by atoms with Crippen LogP contribution in [0.25, 0.3) is 0 Å². The number of hydrogen-bond donors (Lipinski definition) is 2. The molecule has 1 aliphatic heterocycles. The van der Waals surface area contributed by atoms with Crippen LogP contribution in [0.15, 0.2) is 6.33 Å². The molecule has 4 heteroatoms. The van der Waals surface area contributed by atoms with E-state index in [4.69, 9.17) is 0 Å². The first kappa shape index (κ1) is 9.68. The number of H-pyrrole nitrogens is 1. The Labute approximate surface area is 84.7 Å². The highest BCUT2D eigenvalue weighted by Crippen LogP contribution is 2.23. The maximum Gasteiger partial charge on any atom is 0.0926 e. The zero-order valence-electron chi connectivity index (χ0n) is 8.88. The lowest BCUT2D eigenvalue weighted by Crippen LogP contribution is -2.39. The third-order valence-corrected chi connectivity index (χ3v) is 2.96. The van der Waals surface area contributed by atoms with Crippen molar-refractivity contribution in [2.24, 2.45) is 0 Å². The van der Waals surface area contributed by atoms with Gasteiger partial charge in [0.2, 0.25) is 0 Å². The van der Waals surface area contributed by atoms with Crippen LogP contribution in [0.5, 0.6) is 0 Å². The van der Waals surface area contributed by atoms with Gasteiger partial charge in [0.15, 0.2) is 0 Å². The van der Waals surface area contributed by atoms with Crippen LogP contribution < -0.4 is 5.32 Å². The van der Waals surface area contributed by atoms with E-state index in [9.17, 15) is 0 Å². The average Bonchev–Trinajstić information content (AvgIpc) is 2.68. The Bertz CT molecular complexity index is 290. The molecule has 14 heavy (non-hydrogen) atoms. The van der Waals surface area contributed by atoms with Crippen LogP contribution in [-0.4, -0.2) is 34.5 Å². The van der Waals surface area contributed by atoms with Crippen molar-refractivity contribution in [3.63, 3.8) is 0 Å². The summed E-state index contributed by atoms with van der Waals surface area (Å²) < 4.78 is 0. The smallest absolute Gasteiger partial charge is 0.0926 e. The Kier molecular flexibility index (Phi) is 2.84. The molecule has 0 bridgehead atoms. The van der Waals surface area contributed by atoms with Crippen molar-refractivity contribution in [2.75, 3.05) is 19.6 Å². The summed E-state index contributed by atoms with van der Waals surface area (Å²) in [7, 11) is 0. The number of nitrogens with zero attached hydrogens (tertiary/aromatic N) is 2. The molecule has 0 spiro atoms. The molecular weight excluding hydrogens is 176 g/mol. The van der Waals surface area contributed by atoms with Gasteiger partial charge in [-0.05, 0) is 13.1 Å². The molecule has 1 aliphatic rings.